The van der Waals surface area contributed by atoms with Crippen molar-refractivity contribution in [1.29, 1.82) is 0 Å². The van der Waals surface area contributed by atoms with Gasteiger partial charge in [0.1, 0.15) is 6.10 Å². The van der Waals surface area contributed by atoms with Crippen LogP contribution in [0.25, 0.3) is 0 Å². The van der Waals surface area contributed by atoms with Crippen LogP contribution in [-0.4, -0.2) is 44.5 Å². The van der Waals surface area contributed by atoms with E-state index in [0.717, 1.165) is 32.1 Å². The predicted molar refractivity (Wildman–Crippen MR) is 175 cm³/mol. The van der Waals surface area contributed by atoms with Crippen LogP contribution in [-0.2, 0) is 23.4 Å². The highest BCUT2D eigenvalue weighted by Gasteiger charge is 2.51. The van der Waals surface area contributed by atoms with Gasteiger partial charge in [-0.2, -0.15) is 0 Å². The van der Waals surface area contributed by atoms with Crippen molar-refractivity contribution < 1.29 is 23.4 Å². The van der Waals surface area contributed by atoms with Crippen molar-refractivity contribution in [3.63, 3.8) is 0 Å². The van der Waals surface area contributed by atoms with Crippen molar-refractivity contribution >= 4 is 24.7 Å². The van der Waals surface area contributed by atoms with E-state index in [0.29, 0.717) is 12.8 Å². The SMILES string of the molecule is C=CC[C@H](C[C@@H]1C[C@H](CC[C@H](CCC)O[Si](c2ccccc2)(c2ccccc2)C(C)(C)C)OC(C)(C)O1)OC(=O)C=C. The van der Waals surface area contributed by atoms with E-state index in [2.05, 4.69) is 102 Å². The zero-order valence-corrected chi connectivity index (χ0v) is 27.6. The molecule has 230 valence electrons. The van der Waals surface area contributed by atoms with Gasteiger partial charge in [0.2, 0.25) is 0 Å². The van der Waals surface area contributed by atoms with Crippen LogP contribution >= 0.6 is 0 Å². The van der Waals surface area contributed by atoms with Crippen LogP contribution in [0.5, 0.6) is 0 Å². The van der Waals surface area contributed by atoms with Gasteiger partial charge in [0.25, 0.3) is 8.32 Å². The molecule has 2 aromatic carbocycles. The highest BCUT2D eigenvalue weighted by molar-refractivity contribution is 6.99. The number of carbonyl (C=O) groups excluding carboxylic acids is 1. The lowest BCUT2D eigenvalue weighted by atomic mass is 9.97. The third-order valence-corrected chi connectivity index (χ3v) is 13.1. The summed E-state index contributed by atoms with van der Waals surface area (Å²) >= 11 is 0. The second-order valence-electron chi connectivity index (χ2n) is 12.9. The molecule has 2 aromatic rings. The third kappa shape index (κ3) is 8.99. The van der Waals surface area contributed by atoms with Gasteiger partial charge in [-0.15, -0.1) is 6.58 Å². The van der Waals surface area contributed by atoms with E-state index in [-0.39, 0.29) is 29.5 Å². The molecule has 0 aromatic heterocycles. The van der Waals surface area contributed by atoms with E-state index in [1.807, 2.05) is 13.8 Å². The minimum absolute atomic E-state index is 0.0142. The fraction of sp³-hybridized carbons (Fsp3) is 0.528. The summed E-state index contributed by atoms with van der Waals surface area (Å²) in [7, 11) is -2.66. The number of benzene rings is 2. The third-order valence-electron chi connectivity index (χ3n) is 8.01. The molecule has 0 spiro atoms. The van der Waals surface area contributed by atoms with E-state index in [4.69, 9.17) is 18.6 Å². The first-order valence-electron chi connectivity index (χ1n) is 15.5. The number of hydrogen-bond donors (Lipinski definition) is 0. The summed E-state index contributed by atoms with van der Waals surface area (Å²) in [5.41, 5.74) is 0. The van der Waals surface area contributed by atoms with Gasteiger partial charge in [-0.1, -0.05) is 107 Å². The summed E-state index contributed by atoms with van der Waals surface area (Å²) in [5, 5.41) is 2.53. The first-order valence-corrected chi connectivity index (χ1v) is 17.4. The van der Waals surface area contributed by atoms with Gasteiger partial charge in [0.15, 0.2) is 5.79 Å². The van der Waals surface area contributed by atoms with Gasteiger partial charge in [-0.25, -0.2) is 4.79 Å². The van der Waals surface area contributed by atoms with Crippen molar-refractivity contribution in [2.75, 3.05) is 0 Å². The van der Waals surface area contributed by atoms with Crippen LogP contribution in [0, 0.1) is 0 Å². The Labute approximate surface area is 255 Å². The van der Waals surface area contributed by atoms with Gasteiger partial charge < -0.3 is 18.6 Å². The van der Waals surface area contributed by atoms with Gasteiger partial charge in [0.05, 0.1) is 12.2 Å². The number of rotatable bonds is 15. The molecule has 4 atom stereocenters. The Morgan fingerprint density at radius 3 is 2.05 bits per heavy atom. The monoisotopic (exact) mass is 592 g/mol. The Bertz CT molecular complexity index is 1080. The zero-order chi connectivity index (χ0) is 30.8. The fourth-order valence-electron chi connectivity index (χ4n) is 6.32. The lowest BCUT2D eigenvalue weighted by Crippen LogP contribution is -2.67. The summed E-state index contributed by atoms with van der Waals surface area (Å²) in [6, 6.07) is 21.7. The van der Waals surface area contributed by atoms with Crippen molar-refractivity contribution in [3.8, 4) is 0 Å². The van der Waals surface area contributed by atoms with Gasteiger partial charge in [-0.3, -0.25) is 0 Å². The van der Waals surface area contributed by atoms with Crippen molar-refractivity contribution in [3.05, 3.63) is 86.0 Å². The molecule has 42 heavy (non-hydrogen) atoms. The summed E-state index contributed by atoms with van der Waals surface area (Å²) in [4.78, 5) is 11.9. The summed E-state index contributed by atoms with van der Waals surface area (Å²) in [6.45, 7) is 20.5. The van der Waals surface area contributed by atoms with Crippen LogP contribution in [0.4, 0.5) is 0 Å². The molecule has 1 heterocycles. The topological polar surface area (TPSA) is 54.0 Å². The smallest absolute Gasteiger partial charge is 0.330 e. The molecule has 1 fully saturated rings. The maximum atomic E-state index is 11.9. The first kappa shape index (κ1) is 34.0. The van der Waals surface area contributed by atoms with Crippen LogP contribution < -0.4 is 10.4 Å². The second-order valence-corrected chi connectivity index (χ2v) is 17.2. The molecule has 0 saturated carbocycles. The van der Waals surface area contributed by atoms with E-state index in [9.17, 15) is 4.79 Å². The van der Waals surface area contributed by atoms with E-state index in [1.165, 1.54) is 16.4 Å². The molecule has 1 saturated heterocycles. The van der Waals surface area contributed by atoms with Gasteiger partial charge >= 0.3 is 5.97 Å². The fourth-order valence-corrected chi connectivity index (χ4v) is 11.1. The van der Waals surface area contributed by atoms with Gasteiger partial charge in [-0.05, 0) is 48.5 Å². The predicted octanol–water partition coefficient (Wildman–Crippen LogP) is 7.49. The van der Waals surface area contributed by atoms with Gasteiger partial charge in [0, 0.05) is 31.4 Å². The van der Waals surface area contributed by atoms with E-state index < -0.39 is 20.1 Å². The Kier molecular flexibility index (Phi) is 12.4. The Morgan fingerprint density at radius 1 is 0.976 bits per heavy atom. The standard InChI is InChI=1S/C36H52O5Si/c1-9-18-28(41-42(35(4,5)6,32-20-14-12-15-21-32)33-22-16-13-17-23-33)24-25-30-27-31(40-36(7,8)39-30)26-29(19-10-2)38-34(37)11-3/h10-17,20-23,28-31H,2-3,9,18-19,24-27H2,1,4-8H3/t28-,29+,30-,31+/m0/s1. The minimum atomic E-state index is -2.66. The molecule has 0 N–H and O–H groups in total. The number of hydrogen-bond acceptors (Lipinski definition) is 5. The molecular formula is C36H52O5Si. The number of esters is 1. The quantitative estimate of drug-likeness (QED) is 0.0929. The molecule has 0 unspecified atom stereocenters. The number of carbonyl (C=O) groups is 1. The minimum Gasteiger partial charge on any atom is -0.459 e. The molecule has 3 rings (SSSR count). The summed E-state index contributed by atoms with van der Waals surface area (Å²) in [6.07, 6.45) is 8.37. The van der Waals surface area contributed by atoms with E-state index >= 15 is 0 Å². The molecule has 1 aliphatic rings. The molecule has 0 amide bonds. The molecule has 0 bridgehead atoms. The molecule has 5 nitrogen and oxygen atoms in total. The summed E-state index contributed by atoms with van der Waals surface area (Å²) < 4.78 is 25.8. The molecule has 0 aliphatic carbocycles. The zero-order valence-electron chi connectivity index (χ0n) is 26.6. The van der Waals surface area contributed by atoms with Crippen LogP contribution in [0.15, 0.2) is 86.0 Å². The molecule has 1 aliphatic heterocycles. The Balaban J connectivity index is 1.83. The van der Waals surface area contributed by atoms with Crippen LogP contribution in [0.3, 0.4) is 0 Å². The normalized spacial score (nSPS) is 20.3. The lowest BCUT2D eigenvalue weighted by molar-refractivity contribution is -0.303. The summed E-state index contributed by atoms with van der Waals surface area (Å²) in [5.74, 6) is -1.15. The van der Waals surface area contributed by atoms with Crippen molar-refractivity contribution in [2.45, 2.75) is 122 Å². The largest absolute Gasteiger partial charge is 0.459 e. The van der Waals surface area contributed by atoms with E-state index in [1.54, 1.807) is 6.08 Å². The highest BCUT2D eigenvalue weighted by atomic mass is 28.4. The van der Waals surface area contributed by atoms with Crippen molar-refractivity contribution in [1.82, 2.24) is 0 Å². The van der Waals surface area contributed by atoms with Crippen LogP contribution in [0.2, 0.25) is 5.04 Å². The number of ether oxygens (including phenoxy) is 3. The van der Waals surface area contributed by atoms with Crippen LogP contribution in [0.1, 0.15) is 86.5 Å². The molecule has 0 radical (unpaired) electrons. The maximum absolute atomic E-state index is 11.9. The molecule has 6 heteroatoms. The highest BCUT2D eigenvalue weighted by Crippen LogP contribution is 2.39. The van der Waals surface area contributed by atoms with Crippen molar-refractivity contribution in [2.24, 2.45) is 0 Å². The lowest BCUT2D eigenvalue weighted by Gasteiger charge is -2.46. The molecular weight excluding hydrogens is 540 g/mol. The Hall–Kier alpha value is -2.51. The average Bonchev–Trinajstić information content (AvgIpc) is 2.94. The second kappa shape index (κ2) is 15.3. The maximum Gasteiger partial charge on any atom is 0.330 e. The average molecular weight is 593 g/mol. The first-order chi connectivity index (χ1) is 19.9. The Morgan fingerprint density at radius 2 is 1.55 bits per heavy atom.